The molecule has 3 heterocycles. The molecule has 25 heavy (non-hydrogen) atoms. The molecule has 0 aliphatic rings. The predicted molar refractivity (Wildman–Crippen MR) is 100 cm³/mol. The zero-order chi connectivity index (χ0) is 17.6. The molecule has 0 atom stereocenters. The van der Waals surface area contributed by atoms with Crippen LogP contribution in [0.15, 0.2) is 36.5 Å². The molecule has 0 spiro atoms. The maximum atomic E-state index is 4.77. The molecule has 0 saturated carbocycles. The largest absolute Gasteiger partial charge is 0.338 e. The van der Waals surface area contributed by atoms with Gasteiger partial charge in [-0.05, 0) is 31.2 Å². The summed E-state index contributed by atoms with van der Waals surface area (Å²) < 4.78 is 1.83. The number of nitrogens with one attached hydrogen (secondary N) is 1. The van der Waals surface area contributed by atoms with Gasteiger partial charge in [0.05, 0.1) is 11.2 Å². The van der Waals surface area contributed by atoms with Crippen molar-refractivity contribution >= 4 is 33.4 Å². The zero-order valence-electron chi connectivity index (χ0n) is 14.8. The Morgan fingerprint density at radius 1 is 1.08 bits per heavy atom. The second-order valence-electron chi connectivity index (χ2n) is 6.49. The summed E-state index contributed by atoms with van der Waals surface area (Å²) in [5.74, 6) is 1.82. The fourth-order valence-corrected chi connectivity index (χ4v) is 3.04. The molecule has 4 rings (SSSR count). The Kier molecular flexibility index (Phi) is 3.60. The minimum atomic E-state index is 0.235. The Bertz CT molecular complexity index is 1070. The summed E-state index contributed by atoms with van der Waals surface area (Å²) in [4.78, 5) is 13.9. The van der Waals surface area contributed by atoms with Gasteiger partial charge in [0.15, 0.2) is 5.82 Å². The Morgan fingerprint density at radius 2 is 1.92 bits per heavy atom. The molecule has 0 radical (unpaired) electrons. The third kappa shape index (κ3) is 2.59. The number of fused-ring (bicyclic) bond motifs is 2. The topological polar surface area (TPSA) is 68.5 Å². The molecule has 0 aliphatic heterocycles. The van der Waals surface area contributed by atoms with Crippen molar-refractivity contribution in [2.75, 3.05) is 5.32 Å². The fourth-order valence-electron chi connectivity index (χ4n) is 3.04. The highest BCUT2D eigenvalue weighted by Crippen LogP contribution is 2.30. The molecule has 6 nitrogen and oxygen atoms in total. The minimum absolute atomic E-state index is 0.235. The number of hydrogen-bond acceptors (Lipinski definition) is 5. The van der Waals surface area contributed by atoms with Gasteiger partial charge in [0.25, 0.3) is 0 Å². The lowest BCUT2D eigenvalue weighted by Gasteiger charge is -2.13. The van der Waals surface area contributed by atoms with E-state index in [1.807, 2.05) is 42.9 Å². The lowest BCUT2D eigenvalue weighted by Crippen LogP contribution is -2.05. The average Bonchev–Trinajstić information content (AvgIpc) is 2.89. The van der Waals surface area contributed by atoms with Crippen LogP contribution in [0.3, 0.4) is 0 Å². The van der Waals surface area contributed by atoms with Gasteiger partial charge in [-0.1, -0.05) is 19.9 Å². The number of nitrogens with zero attached hydrogens (tertiary/aromatic N) is 5. The molecule has 126 valence electrons. The Balaban J connectivity index is 1.93. The van der Waals surface area contributed by atoms with Crippen LogP contribution in [0.4, 0.5) is 11.5 Å². The number of aromatic nitrogens is 5. The van der Waals surface area contributed by atoms with Crippen molar-refractivity contribution in [1.29, 1.82) is 0 Å². The highest BCUT2D eigenvalue weighted by molar-refractivity contribution is 5.96. The number of benzene rings is 1. The fraction of sp³-hybridized carbons (Fsp3) is 0.263. The summed E-state index contributed by atoms with van der Waals surface area (Å²) in [6.45, 7) is 6.17. The van der Waals surface area contributed by atoms with E-state index in [1.165, 1.54) is 0 Å². The minimum Gasteiger partial charge on any atom is -0.338 e. The van der Waals surface area contributed by atoms with Gasteiger partial charge in [-0.2, -0.15) is 5.10 Å². The third-order valence-corrected chi connectivity index (χ3v) is 4.28. The molecule has 0 bridgehead atoms. The van der Waals surface area contributed by atoms with Crippen molar-refractivity contribution in [2.45, 2.75) is 26.7 Å². The highest BCUT2D eigenvalue weighted by Gasteiger charge is 2.17. The maximum Gasteiger partial charge on any atom is 0.160 e. The van der Waals surface area contributed by atoms with E-state index in [0.29, 0.717) is 0 Å². The van der Waals surface area contributed by atoms with Crippen molar-refractivity contribution in [3.05, 3.63) is 48.0 Å². The first-order chi connectivity index (χ1) is 12.0. The second-order valence-corrected chi connectivity index (χ2v) is 6.49. The van der Waals surface area contributed by atoms with Gasteiger partial charge < -0.3 is 5.32 Å². The van der Waals surface area contributed by atoms with Crippen LogP contribution in [0.25, 0.3) is 21.9 Å². The number of aryl methyl sites for hydroxylation is 2. The number of anilines is 2. The first-order valence-electron chi connectivity index (χ1n) is 8.36. The Morgan fingerprint density at radius 3 is 2.72 bits per heavy atom. The Labute approximate surface area is 145 Å². The van der Waals surface area contributed by atoms with Crippen LogP contribution in [-0.4, -0.2) is 24.7 Å². The molecule has 4 aromatic rings. The maximum absolute atomic E-state index is 4.77. The number of pyridine rings is 1. The predicted octanol–water partition coefficient (Wildman–Crippen LogP) is 4.09. The smallest absolute Gasteiger partial charge is 0.160 e. The van der Waals surface area contributed by atoms with Gasteiger partial charge in [0.1, 0.15) is 16.9 Å². The molecular weight excluding hydrogens is 312 g/mol. The van der Waals surface area contributed by atoms with Crippen LogP contribution in [0, 0.1) is 6.92 Å². The van der Waals surface area contributed by atoms with Gasteiger partial charge >= 0.3 is 0 Å². The first kappa shape index (κ1) is 15.5. The number of hydrogen-bond donors (Lipinski definition) is 1. The van der Waals surface area contributed by atoms with E-state index in [0.717, 1.165) is 45.0 Å². The van der Waals surface area contributed by atoms with Crippen LogP contribution in [0.1, 0.15) is 31.3 Å². The van der Waals surface area contributed by atoms with Gasteiger partial charge in [0, 0.05) is 30.2 Å². The van der Waals surface area contributed by atoms with Gasteiger partial charge in [-0.25, -0.2) is 9.97 Å². The van der Waals surface area contributed by atoms with E-state index in [1.54, 1.807) is 6.20 Å². The summed E-state index contributed by atoms with van der Waals surface area (Å²) in [6, 6.07) is 10.0. The van der Waals surface area contributed by atoms with E-state index >= 15 is 0 Å². The van der Waals surface area contributed by atoms with Gasteiger partial charge in [-0.15, -0.1) is 0 Å². The molecule has 1 aromatic carbocycles. The van der Waals surface area contributed by atoms with Crippen molar-refractivity contribution in [2.24, 2.45) is 7.05 Å². The molecule has 1 N–H and O–H groups in total. The van der Waals surface area contributed by atoms with E-state index in [4.69, 9.17) is 9.97 Å². The quantitative estimate of drug-likeness (QED) is 0.612. The van der Waals surface area contributed by atoms with E-state index in [2.05, 4.69) is 35.3 Å². The standard InChI is InChI=1S/C19H20N6/c1-11(2)18-22-16-12(3)24-25(4)17(16)19(23-18)21-15-9-5-8-14-13(15)7-6-10-20-14/h5-11H,1-4H3,(H,21,22,23). The molecule has 0 unspecified atom stereocenters. The van der Waals surface area contributed by atoms with Crippen molar-refractivity contribution in [1.82, 2.24) is 24.7 Å². The van der Waals surface area contributed by atoms with Crippen molar-refractivity contribution in [3.8, 4) is 0 Å². The molecule has 0 fully saturated rings. The SMILES string of the molecule is Cc1nn(C)c2c(Nc3cccc4ncccc34)nc(C(C)C)nc12. The van der Waals surface area contributed by atoms with E-state index < -0.39 is 0 Å². The molecule has 0 aliphatic carbocycles. The van der Waals surface area contributed by atoms with Crippen LogP contribution in [0.2, 0.25) is 0 Å². The first-order valence-corrected chi connectivity index (χ1v) is 8.36. The molecule has 6 heteroatoms. The van der Waals surface area contributed by atoms with E-state index in [9.17, 15) is 0 Å². The van der Waals surface area contributed by atoms with Gasteiger partial charge in [-0.3, -0.25) is 9.67 Å². The molecule has 3 aromatic heterocycles. The van der Waals surface area contributed by atoms with Crippen molar-refractivity contribution in [3.63, 3.8) is 0 Å². The van der Waals surface area contributed by atoms with E-state index in [-0.39, 0.29) is 5.92 Å². The normalized spacial score (nSPS) is 11.6. The monoisotopic (exact) mass is 332 g/mol. The summed E-state index contributed by atoms with van der Waals surface area (Å²) >= 11 is 0. The molecular formula is C19H20N6. The van der Waals surface area contributed by atoms with Crippen LogP contribution >= 0.6 is 0 Å². The summed E-state index contributed by atoms with van der Waals surface area (Å²) in [7, 11) is 1.92. The number of rotatable bonds is 3. The third-order valence-electron chi connectivity index (χ3n) is 4.28. The summed E-state index contributed by atoms with van der Waals surface area (Å²) in [6.07, 6.45) is 1.80. The molecule has 0 amide bonds. The highest BCUT2D eigenvalue weighted by atomic mass is 15.3. The Hall–Kier alpha value is -3.02. The zero-order valence-corrected chi connectivity index (χ0v) is 14.8. The summed E-state index contributed by atoms with van der Waals surface area (Å²) in [5.41, 5.74) is 4.62. The van der Waals surface area contributed by atoms with Crippen LogP contribution < -0.4 is 5.32 Å². The average molecular weight is 332 g/mol. The van der Waals surface area contributed by atoms with Gasteiger partial charge in [0.2, 0.25) is 0 Å². The lowest BCUT2D eigenvalue weighted by atomic mass is 10.1. The van der Waals surface area contributed by atoms with Crippen LogP contribution in [0.5, 0.6) is 0 Å². The lowest BCUT2D eigenvalue weighted by molar-refractivity contribution is 0.774. The van der Waals surface area contributed by atoms with Crippen molar-refractivity contribution < 1.29 is 0 Å². The summed E-state index contributed by atoms with van der Waals surface area (Å²) in [5, 5.41) is 9.06. The second kappa shape index (κ2) is 5.81. The molecule has 0 saturated heterocycles. The van der Waals surface area contributed by atoms with Crippen LogP contribution in [-0.2, 0) is 7.05 Å².